The minimum absolute atomic E-state index is 1.03. The predicted octanol–water partition coefficient (Wildman–Crippen LogP) is 4.09. The van der Waals surface area contributed by atoms with Gasteiger partial charge < -0.3 is 0 Å². The third kappa shape index (κ3) is 1.69. The zero-order chi connectivity index (χ0) is 9.97. The van der Waals surface area contributed by atoms with Gasteiger partial charge in [0.15, 0.2) is 0 Å². The van der Waals surface area contributed by atoms with Gasteiger partial charge in [0.2, 0.25) is 0 Å². The molecule has 0 spiro atoms. The van der Waals surface area contributed by atoms with Crippen LogP contribution in [-0.2, 0) is 6.42 Å². The van der Waals surface area contributed by atoms with Crippen molar-refractivity contribution in [1.82, 2.24) is 0 Å². The van der Waals surface area contributed by atoms with Gasteiger partial charge in [0.25, 0.3) is 0 Å². The lowest BCUT2D eigenvalue weighted by atomic mass is 9.99. The maximum atomic E-state index is 3.49. The van der Waals surface area contributed by atoms with Crippen molar-refractivity contribution in [1.29, 1.82) is 0 Å². The van der Waals surface area contributed by atoms with Crippen LogP contribution in [0.4, 0.5) is 0 Å². The molecule has 2 aromatic rings. The van der Waals surface area contributed by atoms with Gasteiger partial charge >= 0.3 is 0 Å². The molecular weight excluding hydrogens is 236 g/mol. The van der Waals surface area contributed by atoms with Crippen LogP contribution >= 0.6 is 15.9 Å². The van der Waals surface area contributed by atoms with Crippen molar-refractivity contribution in [3.63, 3.8) is 0 Å². The van der Waals surface area contributed by atoms with Gasteiger partial charge in [0.1, 0.15) is 0 Å². The lowest BCUT2D eigenvalue weighted by Crippen LogP contribution is -1.89. The quantitative estimate of drug-likeness (QED) is 0.703. The maximum Gasteiger partial charge on any atom is 0.00720 e. The Labute approximate surface area is 93.1 Å². The van der Waals surface area contributed by atoms with Crippen molar-refractivity contribution in [2.45, 2.75) is 13.3 Å². The normalized spacial score (nSPS) is 10.7. The van der Waals surface area contributed by atoms with Crippen LogP contribution < -0.4 is 0 Å². The van der Waals surface area contributed by atoms with E-state index in [-0.39, 0.29) is 0 Å². The first-order valence-corrected chi connectivity index (χ1v) is 5.98. The summed E-state index contributed by atoms with van der Waals surface area (Å²) in [6.45, 7) is 2.17. The van der Waals surface area contributed by atoms with Crippen LogP contribution in [0.15, 0.2) is 36.4 Å². The first-order valence-electron chi connectivity index (χ1n) is 4.86. The van der Waals surface area contributed by atoms with E-state index in [4.69, 9.17) is 0 Å². The van der Waals surface area contributed by atoms with Gasteiger partial charge in [0.05, 0.1) is 0 Å². The number of fused-ring (bicyclic) bond motifs is 1. The minimum atomic E-state index is 1.03. The van der Waals surface area contributed by atoms with E-state index in [1.165, 1.54) is 21.9 Å². The van der Waals surface area contributed by atoms with Gasteiger partial charge in [-0.3, -0.25) is 0 Å². The minimum Gasteiger partial charge on any atom is -0.0924 e. The molecule has 0 nitrogen and oxygen atoms in total. The van der Waals surface area contributed by atoms with Gasteiger partial charge in [-0.15, -0.1) is 0 Å². The molecule has 0 heterocycles. The lowest BCUT2D eigenvalue weighted by molar-refractivity contribution is 1.19. The van der Waals surface area contributed by atoms with Crippen molar-refractivity contribution in [2.24, 2.45) is 0 Å². The third-order valence-electron chi connectivity index (χ3n) is 2.60. The Balaban J connectivity index is 2.68. The fourth-order valence-corrected chi connectivity index (χ4v) is 2.26. The summed E-state index contributed by atoms with van der Waals surface area (Å²) in [6, 6.07) is 13.1. The van der Waals surface area contributed by atoms with Crippen molar-refractivity contribution >= 4 is 26.7 Å². The topological polar surface area (TPSA) is 0 Å². The van der Waals surface area contributed by atoms with Crippen LogP contribution in [0.5, 0.6) is 0 Å². The Hall–Kier alpha value is -0.820. The van der Waals surface area contributed by atoms with Gasteiger partial charge in [-0.2, -0.15) is 0 Å². The number of halogens is 1. The van der Waals surface area contributed by atoms with E-state index in [2.05, 4.69) is 59.3 Å². The highest BCUT2D eigenvalue weighted by Gasteiger charge is 2.01. The third-order valence-corrected chi connectivity index (χ3v) is 2.99. The molecule has 0 fully saturated rings. The van der Waals surface area contributed by atoms with Crippen molar-refractivity contribution in [3.05, 3.63) is 47.5 Å². The average Bonchev–Trinajstić information content (AvgIpc) is 2.23. The number of benzene rings is 2. The highest BCUT2D eigenvalue weighted by Crippen LogP contribution is 2.22. The highest BCUT2D eigenvalue weighted by atomic mass is 79.9. The van der Waals surface area contributed by atoms with E-state index in [1.54, 1.807) is 0 Å². The van der Waals surface area contributed by atoms with E-state index >= 15 is 0 Å². The molecule has 0 amide bonds. The summed E-state index contributed by atoms with van der Waals surface area (Å²) >= 11 is 3.49. The summed E-state index contributed by atoms with van der Waals surface area (Å²) in [5.74, 6) is 0. The summed E-state index contributed by atoms with van der Waals surface area (Å²) < 4.78 is 0. The molecule has 0 N–H and O–H groups in total. The van der Waals surface area contributed by atoms with Crippen LogP contribution in [0.3, 0.4) is 0 Å². The molecule has 0 aliphatic carbocycles. The Bertz CT molecular complexity index is 446. The number of hydrogen-bond donors (Lipinski definition) is 0. The maximum absolute atomic E-state index is 3.49. The first kappa shape index (κ1) is 9.72. The summed E-state index contributed by atoms with van der Waals surface area (Å²) in [5.41, 5.74) is 2.79. The van der Waals surface area contributed by atoms with Crippen LogP contribution in [0, 0.1) is 6.92 Å². The zero-order valence-corrected chi connectivity index (χ0v) is 9.84. The van der Waals surface area contributed by atoms with Crippen molar-refractivity contribution in [3.8, 4) is 0 Å². The molecule has 1 heteroatoms. The van der Waals surface area contributed by atoms with E-state index in [9.17, 15) is 0 Å². The van der Waals surface area contributed by atoms with E-state index < -0.39 is 0 Å². The second-order valence-electron chi connectivity index (χ2n) is 3.53. The number of hydrogen-bond acceptors (Lipinski definition) is 0. The van der Waals surface area contributed by atoms with Crippen LogP contribution in [0.2, 0.25) is 0 Å². The van der Waals surface area contributed by atoms with Gasteiger partial charge in [-0.05, 0) is 35.2 Å². The van der Waals surface area contributed by atoms with Gasteiger partial charge in [-0.1, -0.05) is 52.3 Å². The molecule has 2 rings (SSSR count). The summed E-state index contributed by atoms with van der Waals surface area (Å²) in [5, 5.41) is 3.80. The van der Waals surface area contributed by atoms with E-state index in [0.717, 1.165) is 11.8 Å². The molecule has 0 aromatic heterocycles. The number of alkyl halides is 1. The monoisotopic (exact) mass is 248 g/mol. The second-order valence-corrected chi connectivity index (χ2v) is 4.32. The lowest BCUT2D eigenvalue weighted by Gasteiger charge is -2.07. The Morgan fingerprint density at radius 1 is 1.00 bits per heavy atom. The summed E-state index contributed by atoms with van der Waals surface area (Å²) in [4.78, 5) is 0. The van der Waals surface area contributed by atoms with Crippen molar-refractivity contribution in [2.75, 3.05) is 5.33 Å². The molecule has 0 bridgehead atoms. The Morgan fingerprint density at radius 2 is 1.71 bits per heavy atom. The van der Waals surface area contributed by atoms with E-state index in [0.29, 0.717) is 0 Å². The standard InChI is InChI=1S/C13H13Br/c1-10-6-7-11(8-9-14)13-5-3-2-4-12(10)13/h2-7H,8-9H2,1H3. The van der Waals surface area contributed by atoms with Gasteiger partial charge in [-0.25, -0.2) is 0 Å². The predicted molar refractivity (Wildman–Crippen MR) is 66.2 cm³/mol. The summed E-state index contributed by atoms with van der Waals surface area (Å²) in [7, 11) is 0. The molecule has 0 atom stereocenters. The molecular formula is C13H13Br. The Kier molecular flexibility index (Phi) is 2.87. The highest BCUT2D eigenvalue weighted by molar-refractivity contribution is 9.09. The number of aryl methyl sites for hydroxylation is 2. The average molecular weight is 249 g/mol. The Morgan fingerprint density at radius 3 is 2.43 bits per heavy atom. The number of rotatable bonds is 2. The molecule has 0 unspecified atom stereocenters. The molecule has 0 aliphatic heterocycles. The summed E-state index contributed by atoms with van der Waals surface area (Å²) in [6.07, 6.45) is 1.10. The smallest absolute Gasteiger partial charge is 0.00720 e. The molecule has 2 aromatic carbocycles. The largest absolute Gasteiger partial charge is 0.0924 e. The van der Waals surface area contributed by atoms with Crippen LogP contribution in [-0.4, -0.2) is 5.33 Å². The van der Waals surface area contributed by atoms with Crippen molar-refractivity contribution < 1.29 is 0 Å². The fraction of sp³-hybridized carbons (Fsp3) is 0.231. The van der Waals surface area contributed by atoms with Crippen LogP contribution in [0.1, 0.15) is 11.1 Å². The second kappa shape index (κ2) is 4.14. The molecule has 14 heavy (non-hydrogen) atoms. The SMILES string of the molecule is Cc1ccc(CCBr)c2ccccc12. The van der Waals surface area contributed by atoms with Gasteiger partial charge in [0, 0.05) is 5.33 Å². The van der Waals surface area contributed by atoms with Crippen LogP contribution in [0.25, 0.3) is 10.8 Å². The molecule has 72 valence electrons. The molecule has 0 saturated heterocycles. The molecule has 0 radical (unpaired) electrons. The fourth-order valence-electron chi connectivity index (χ4n) is 1.83. The zero-order valence-electron chi connectivity index (χ0n) is 8.26. The first-order chi connectivity index (χ1) is 6.83. The molecule has 0 saturated carbocycles. The molecule has 0 aliphatic rings. The van der Waals surface area contributed by atoms with E-state index in [1.807, 2.05) is 0 Å².